The van der Waals surface area contributed by atoms with Gasteiger partial charge in [0.1, 0.15) is 0 Å². The second kappa shape index (κ2) is 10.2. The van der Waals surface area contributed by atoms with E-state index in [0.29, 0.717) is 18.8 Å². The minimum atomic E-state index is -3.52. The number of benzene rings is 3. The van der Waals surface area contributed by atoms with Crippen LogP contribution >= 0.6 is 0 Å². The van der Waals surface area contributed by atoms with Gasteiger partial charge in [-0.05, 0) is 35.9 Å². The Hall–Kier alpha value is -3.16. The van der Waals surface area contributed by atoms with Crippen molar-refractivity contribution in [3.05, 3.63) is 78.9 Å². The predicted molar refractivity (Wildman–Crippen MR) is 126 cm³/mol. The Morgan fingerprint density at radius 1 is 0.839 bits per heavy atom. The Bertz CT molecular complexity index is 1110. The van der Waals surface area contributed by atoms with E-state index < -0.39 is 10.0 Å². The van der Waals surface area contributed by atoms with Crippen molar-refractivity contribution >= 4 is 27.3 Å². The highest BCUT2D eigenvalue weighted by Gasteiger charge is 2.21. The monoisotopic (exact) mass is 437 g/mol. The van der Waals surface area contributed by atoms with Crippen molar-refractivity contribution in [1.29, 1.82) is 0 Å². The number of hydrogen-bond donors (Lipinski definition) is 2. The van der Waals surface area contributed by atoms with Crippen molar-refractivity contribution in [1.82, 2.24) is 4.31 Å². The normalized spacial score (nSPS) is 11.3. The molecule has 0 fully saturated rings. The van der Waals surface area contributed by atoms with E-state index in [1.807, 2.05) is 54.6 Å². The lowest BCUT2D eigenvalue weighted by Crippen LogP contribution is -2.30. The average Bonchev–Trinajstić information content (AvgIpc) is 2.79. The van der Waals surface area contributed by atoms with Gasteiger partial charge in [-0.2, -0.15) is 4.31 Å². The van der Waals surface area contributed by atoms with Crippen LogP contribution in [0.15, 0.2) is 83.8 Å². The number of carbonyl (C=O) groups excluding carboxylic acids is 1. The van der Waals surface area contributed by atoms with Crippen LogP contribution in [0.25, 0.3) is 11.1 Å². The smallest absolute Gasteiger partial charge is 0.243 e. The Morgan fingerprint density at radius 2 is 1.45 bits per heavy atom. The van der Waals surface area contributed by atoms with Crippen LogP contribution in [0.3, 0.4) is 0 Å². The molecule has 2 N–H and O–H groups in total. The number of nitrogens with zero attached hydrogens (tertiary/aromatic N) is 1. The second-order valence-corrected chi connectivity index (χ2v) is 8.86. The maximum Gasteiger partial charge on any atom is 0.243 e. The van der Waals surface area contributed by atoms with E-state index in [-0.39, 0.29) is 17.3 Å². The van der Waals surface area contributed by atoms with Crippen molar-refractivity contribution in [2.45, 2.75) is 18.7 Å². The molecule has 162 valence electrons. The average molecular weight is 438 g/mol. The number of para-hydroxylation sites is 1. The quantitative estimate of drug-likeness (QED) is 0.519. The summed E-state index contributed by atoms with van der Waals surface area (Å²) in [7, 11) is -3.52. The fourth-order valence-electron chi connectivity index (χ4n) is 3.31. The van der Waals surface area contributed by atoms with Gasteiger partial charge >= 0.3 is 0 Å². The molecule has 0 atom stereocenters. The van der Waals surface area contributed by atoms with Gasteiger partial charge in [-0.15, -0.1) is 0 Å². The van der Waals surface area contributed by atoms with Crippen LogP contribution in [-0.2, 0) is 14.8 Å². The van der Waals surface area contributed by atoms with Gasteiger partial charge in [-0.3, -0.25) is 4.79 Å². The maximum absolute atomic E-state index is 12.6. The van der Waals surface area contributed by atoms with E-state index in [9.17, 15) is 13.2 Å². The Kier molecular flexibility index (Phi) is 7.44. The highest BCUT2D eigenvalue weighted by atomic mass is 32.2. The zero-order chi connectivity index (χ0) is 22.3. The fraction of sp³-hybridized carbons (Fsp3) is 0.208. The molecule has 0 aromatic heterocycles. The second-order valence-electron chi connectivity index (χ2n) is 6.93. The lowest BCUT2D eigenvalue weighted by molar-refractivity contribution is -0.114. The van der Waals surface area contributed by atoms with Crippen LogP contribution in [0.4, 0.5) is 11.4 Å². The molecule has 0 heterocycles. The third-order valence-electron chi connectivity index (χ3n) is 4.93. The molecule has 3 aromatic carbocycles. The number of sulfonamides is 1. The van der Waals surface area contributed by atoms with Crippen molar-refractivity contribution < 1.29 is 13.2 Å². The fourth-order valence-corrected chi connectivity index (χ4v) is 4.77. The van der Waals surface area contributed by atoms with Crippen molar-refractivity contribution in [3.8, 4) is 11.1 Å². The first-order valence-corrected chi connectivity index (χ1v) is 11.7. The van der Waals surface area contributed by atoms with E-state index in [2.05, 4.69) is 10.6 Å². The molecule has 0 saturated heterocycles. The summed E-state index contributed by atoms with van der Waals surface area (Å²) in [5.74, 6) is -0.220. The molecule has 3 rings (SSSR count). The number of amides is 1. The van der Waals surface area contributed by atoms with Gasteiger partial charge in [-0.1, -0.05) is 62.4 Å². The molecule has 0 spiro atoms. The summed E-state index contributed by atoms with van der Waals surface area (Å²) >= 11 is 0. The van der Waals surface area contributed by atoms with Crippen molar-refractivity contribution in [2.24, 2.45) is 0 Å². The molecule has 0 unspecified atom stereocenters. The molecule has 6 nitrogen and oxygen atoms in total. The van der Waals surface area contributed by atoms with Crippen LogP contribution in [0, 0.1) is 0 Å². The molecule has 0 bridgehead atoms. The molecule has 1 amide bonds. The van der Waals surface area contributed by atoms with E-state index in [4.69, 9.17) is 0 Å². The van der Waals surface area contributed by atoms with Crippen LogP contribution < -0.4 is 10.6 Å². The molecule has 0 saturated carbocycles. The number of nitrogens with one attached hydrogen (secondary N) is 2. The zero-order valence-electron chi connectivity index (χ0n) is 17.7. The zero-order valence-corrected chi connectivity index (χ0v) is 18.5. The van der Waals surface area contributed by atoms with Crippen LogP contribution in [0.2, 0.25) is 0 Å². The molecule has 0 aliphatic carbocycles. The van der Waals surface area contributed by atoms with Crippen LogP contribution in [0.5, 0.6) is 0 Å². The predicted octanol–water partition coefficient (Wildman–Crippen LogP) is 4.43. The van der Waals surface area contributed by atoms with Gasteiger partial charge in [0.25, 0.3) is 0 Å². The summed E-state index contributed by atoms with van der Waals surface area (Å²) in [6, 6.07) is 24.0. The minimum Gasteiger partial charge on any atom is -0.376 e. The Morgan fingerprint density at radius 3 is 2.10 bits per heavy atom. The van der Waals surface area contributed by atoms with Crippen LogP contribution in [-0.4, -0.2) is 38.3 Å². The van der Waals surface area contributed by atoms with E-state index in [1.54, 1.807) is 26.0 Å². The largest absolute Gasteiger partial charge is 0.376 e. The minimum absolute atomic E-state index is 0.0867. The van der Waals surface area contributed by atoms with Crippen molar-refractivity contribution in [2.75, 3.05) is 30.3 Å². The van der Waals surface area contributed by atoms with Gasteiger partial charge in [-0.25, -0.2) is 8.42 Å². The molecule has 0 radical (unpaired) electrons. The first-order valence-electron chi connectivity index (χ1n) is 10.2. The number of hydrogen-bond acceptors (Lipinski definition) is 4. The third-order valence-corrected chi connectivity index (χ3v) is 7.00. The summed E-state index contributed by atoms with van der Waals surface area (Å²) in [5, 5.41) is 5.98. The topological polar surface area (TPSA) is 78.5 Å². The summed E-state index contributed by atoms with van der Waals surface area (Å²) in [6.45, 7) is 4.52. The first-order chi connectivity index (χ1) is 15.0. The highest BCUT2D eigenvalue weighted by molar-refractivity contribution is 7.89. The molecular weight excluding hydrogens is 410 g/mol. The summed E-state index contributed by atoms with van der Waals surface area (Å²) in [5.41, 5.74) is 3.49. The van der Waals surface area contributed by atoms with Crippen LogP contribution in [0.1, 0.15) is 13.8 Å². The Labute approximate surface area is 184 Å². The Balaban J connectivity index is 1.64. The van der Waals surface area contributed by atoms with Gasteiger partial charge in [0.2, 0.25) is 15.9 Å². The number of rotatable bonds is 9. The highest BCUT2D eigenvalue weighted by Crippen LogP contribution is 2.27. The first kappa shape index (κ1) is 22.5. The van der Waals surface area contributed by atoms with E-state index in [0.717, 1.165) is 16.8 Å². The lowest BCUT2D eigenvalue weighted by Gasteiger charge is -2.18. The molecule has 31 heavy (non-hydrogen) atoms. The lowest BCUT2D eigenvalue weighted by atomic mass is 10.0. The third kappa shape index (κ3) is 5.51. The maximum atomic E-state index is 12.6. The summed E-state index contributed by atoms with van der Waals surface area (Å²) < 4.78 is 26.5. The molecule has 7 heteroatoms. The molecular formula is C24H27N3O3S. The molecule has 3 aromatic rings. The van der Waals surface area contributed by atoms with E-state index in [1.165, 1.54) is 16.4 Å². The van der Waals surface area contributed by atoms with Gasteiger partial charge in [0.05, 0.1) is 11.4 Å². The molecule has 0 aliphatic heterocycles. The van der Waals surface area contributed by atoms with Gasteiger partial charge in [0.15, 0.2) is 0 Å². The van der Waals surface area contributed by atoms with Crippen molar-refractivity contribution in [3.63, 3.8) is 0 Å². The summed E-state index contributed by atoms with van der Waals surface area (Å²) in [4.78, 5) is 12.6. The number of carbonyl (C=O) groups is 1. The summed E-state index contributed by atoms with van der Waals surface area (Å²) in [6.07, 6.45) is 0. The van der Waals surface area contributed by atoms with E-state index >= 15 is 0 Å². The molecule has 0 aliphatic rings. The standard InChI is InChI=1S/C24H27N3O3S/c1-3-27(4-2)31(29,30)21-16-14-20(15-17-21)26-24(28)18-25-23-13-9-8-12-22(23)19-10-6-5-7-11-19/h5-17,25H,3-4,18H2,1-2H3,(H,26,28). The van der Waals surface area contributed by atoms with Gasteiger partial charge < -0.3 is 10.6 Å². The van der Waals surface area contributed by atoms with Gasteiger partial charge in [0, 0.05) is 30.0 Å². The number of anilines is 2. The SMILES string of the molecule is CCN(CC)S(=O)(=O)c1ccc(NC(=O)CNc2ccccc2-c2ccccc2)cc1.